The van der Waals surface area contributed by atoms with Gasteiger partial charge in [-0.05, 0) is 30.5 Å². The molecule has 0 saturated carbocycles. The Bertz CT molecular complexity index is 487. The number of thiol groups is 1. The number of rotatable bonds is 27. The Morgan fingerprint density at radius 2 is 1.15 bits per heavy atom. The zero-order valence-electron chi connectivity index (χ0n) is 21.4. The van der Waals surface area contributed by atoms with Gasteiger partial charge < -0.3 is 14.0 Å². The molecule has 0 aliphatic heterocycles. The molecule has 0 radical (unpaired) electrons. The lowest BCUT2D eigenvalue weighted by molar-refractivity contribution is 0.0404. The summed E-state index contributed by atoms with van der Waals surface area (Å²) in [6.45, 7) is 6.10. The highest BCUT2D eigenvalue weighted by atomic mass is 32.3. The molecular formula is C25H52O6S2. The summed E-state index contributed by atoms with van der Waals surface area (Å²) in [6, 6.07) is 0. The average molecular weight is 513 g/mol. The van der Waals surface area contributed by atoms with Crippen molar-refractivity contribution in [1.82, 2.24) is 0 Å². The number of hydrogen-bond donors (Lipinski definition) is 0. The number of hydrogen-bond acceptors (Lipinski definition) is 6. The largest absolute Gasteiger partial charge is 0.726 e. The second kappa shape index (κ2) is 25.2. The van der Waals surface area contributed by atoms with Crippen molar-refractivity contribution >= 4 is 22.2 Å². The molecule has 8 heteroatoms. The van der Waals surface area contributed by atoms with Gasteiger partial charge in [-0.1, -0.05) is 97.3 Å². The molecule has 33 heavy (non-hydrogen) atoms. The van der Waals surface area contributed by atoms with E-state index in [0.717, 1.165) is 11.7 Å². The molecule has 0 aromatic carbocycles. The van der Waals surface area contributed by atoms with E-state index in [4.69, 9.17) is 9.47 Å². The van der Waals surface area contributed by atoms with Gasteiger partial charge in [0, 0.05) is 0 Å². The summed E-state index contributed by atoms with van der Waals surface area (Å²) >= 11 is 1.44. The van der Waals surface area contributed by atoms with Crippen molar-refractivity contribution < 1.29 is 26.6 Å². The Hall–Kier alpha value is 0.140. The van der Waals surface area contributed by atoms with Crippen molar-refractivity contribution in [2.45, 2.75) is 110 Å². The van der Waals surface area contributed by atoms with Gasteiger partial charge in [0.1, 0.15) is 11.5 Å². The van der Waals surface area contributed by atoms with Gasteiger partial charge in [-0.15, -0.1) is 0 Å². The third kappa shape index (κ3) is 30.1. The highest BCUT2D eigenvalue weighted by Gasteiger charge is 2.03. The van der Waals surface area contributed by atoms with Crippen LogP contribution in [0.2, 0.25) is 0 Å². The topological polar surface area (TPSA) is 84.9 Å². The fourth-order valence-electron chi connectivity index (χ4n) is 3.78. The van der Waals surface area contributed by atoms with Crippen LogP contribution in [-0.4, -0.2) is 57.5 Å². The average Bonchev–Trinajstić information content (AvgIpc) is 2.77. The van der Waals surface area contributed by atoms with E-state index in [1.807, 2.05) is 0 Å². The van der Waals surface area contributed by atoms with Crippen LogP contribution in [0, 0.1) is 5.92 Å². The van der Waals surface area contributed by atoms with Gasteiger partial charge in [-0.25, -0.2) is 8.42 Å². The first-order chi connectivity index (χ1) is 16.0. The molecule has 1 unspecified atom stereocenters. The molecule has 0 N–H and O–H groups in total. The minimum absolute atomic E-state index is 0.0707. The normalized spacial score (nSPS) is 12.9. The second-order valence-electron chi connectivity index (χ2n) is 9.05. The van der Waals surface area contributed by atoms with Crippen LogP contribution in [-0.2, 0) is 35.8 Å². The monoisotopic (exact) mass is 512 g/mol. The first-order valence-electron chi connectivity index (χ1n) is 13.3. The predicted molar refractivity (Wildman–Crippen MR) is 140 cm³/mol. The second-order valence-corrected chi connectivity index (χ2v) is 11.4. The molecular weight excluding hydrogens is 460 g/mol. The van der Waals surface area contributed by atoms with Gasteiger partial charge in [-0.3, -0.25) is 4.18 Å². The summed E-state index contributed by atoms with van der Waals surface area (Å²) in [6.07, 6.45) is 21.0. The molecule has 6 nitrogen and oxygen atoms in total. The molecule has 0 bridgehead atoms. The summed E-state index contributed by atoms with van der Waals surface area (Å²) < 4.78 is 45.3. The van der Waals surface area contributed by atoms with E-state index in [1.165, 1.54) is 114 Å². The van der Waals surface area contributed by atoms with Gasteiger partial charge in [0.15, 0.2) is 0 Å². The number of unbranched alkanes of at least 4 members (excludes halogenated alkanes) is 11. The van der Waals surface area contributed by atoms with Gasteiger partial charge in [0.25, 0.3) is 0 Å². The Morgan fingerprint density at radius 3 is 1.73 bits per heavy atom. The van der Waals surface area contributed by atoms with Crippen LogP contribution in [0.3, 0.4) is 0 Å². The van der Waals surface area contributed by atoms with Crippen molar-refractivity contribution in [3.63, 3.8) is 0 Å². The zero-order valence-corrected chi connectivity index (χ0v) is 23.1. The first-order valence-corrected chi connectivity index (χ1v) is 15.9. The van der Waals surface area contributed by atoms with Crippen molar-refractivity contribution in [2.24, 2.45) is 5.92 Å². The molecule has 0 rings (SSSR count). The Balaban J connectivity index is 3.16. The SMILES string of the molecule is CCCCCCCCCCC(C)CCCCCCC[SH+]CCOCCOCCOS(=O)(=O)[O-]. The molecule has 0 aromatic rings. The van der Waals surface area contributed by atoms with E-state index in [9.17, 15) is 13.0 Å². The van der Waals surface area contributed by atoms with Crippen LogP contribution in [0.5, 0.6) is 0 Å². The zero-order chi connectivity index (χ0) is 24.5. The summed E-state index contributed by atoms with van der Waals surface area (Å²) in [7, 11) is -4.62. The standard InChI is InChI=1S/C25H52O6S2/c1-3-4-5-6-7-8-10-13-16-25(2)17-14-11-9-12-15-23-32-24-22-30-19-18-29-20-21-31-33(26,27)28/h25H,3-24H2,1-2H3,(H,26,27,28). The Kier molecular flexibility index (Phi) is 25.3. The first kappa shape index (κ1) is 33.1. The predicted octanol–water partition coefficient (Wildman–Crippen LogP) is 5.82. The number of ether oxygens (including phenoxy) is 2. The minimum Gasteiger partial charge on any atom is -0.726 e. The lowest BCUT2D eigenvalue weighted by Gasteiger charge is -2.11. The highest BCUT2D eigenvalue weighted by molar-refractivity contribution is 7.80. The van der Waals surface area contributed by atoms with Crippen LogP contribution >= 0.6 is 0 Å². The highest BCUT2D eigenvalue weighted by Crippen LogP contribution is 2.18. The molecule has 200 valence electrons. The lowest BCUT2D eigenvalue weighted by Crippen LogP contribution is -2.13. The smallest absolute Gasteiger partial charge is 0.217 e. The van der Waals surface area contributed by atoms with Gasteiger partial charge in [0.05, 0.1) is 33.0 Å². The minimum atomic E-state index is -4.62. The maximum absolute atomic E-state index is 10.2. The van der Waals surface area contributed by atoms with Crippen LogP contribution in [0.15, 0.2) is 0 Å². The van der Waals surface area contributed by atoms with Crippen LogP contribution < -0.4 is 0 Å². The van der Waals surface area contributed by atoms with Crippen LogP contribution in [0.1, 0.15) is 110 Å². The van der Waals surface area contributed by atoms with E-state index < -0.39 is 10.4 Å². The quantitative estimate of drug-likeness (QED) is 0.0453. The maximum Gasteiger partial charge on any atom is 0.217 e. The van der Waals surface area contributed by atoms with Gasteiger partial charge in [0.2, 0.25) is 10.4 Å². The molecule has 0 spiro atoms. The van der Waals surface area contributed by atoms with Crippen molar-refractivity contribution in [3.8, 4) is 0 Å². The fraction of sp³-hybridized carbons (Fsp3) is 1.00. The van der Waals surface area contributed by atoms with Crippen molar-refractivity contribution in [2.75, 3.05) is 44.5 Å². The molecule has 0 aliphatic carbocycles. The van der Waals surface area contributed by atoms with Gasteiger partial charge in [-0.2, -0.15) is 0 Å². The summed E-state index contributed by atoms with van der Waals surface area (Å²) in [5, 5.41) is 0. The van der Waals surface area contributed by atoms with Crippen molar-refractivity contribution in [1.29, 1.82) is 0 Å². The maximum atomic E-state index is 10.2. The van der Waals surface area contributed by atoms with E-state index in [1.54, 1.807) is 0 Å². The fourth-order valence-corrected chi connectivity index (χ4v) is 4.98. The van der Waals surface area contributed by atoms with Crippen LogP contribution in [0.4, 0.5) is 0 Å². The summed E-state index contributed by atoms with van der Waals surface area (Å²) in [5.41, 5.74) is 0. The molecule has 0 fully saturated rings. The van der Waals surface area contributed by atoms with Crippen LogP contribution in [0.25, 0.3) is 0 Å². The summed E-state index contributed by atoms with van der Waals surface area (Å²) in [4.78, 5) is 0. The summed E-state index contributed by atoms with van der Waals surface area (Å²) in [5.74, 6) is 3.18. The molecule has 0 saturated heterocycles. The van der Waals surface area contributed by atoms with E-state index >= 15 is 0 Å². The molecule has 0 aliphatic rings. The Labute approximate surface area is 209 Å². The third-order valence-corrected chi connectivity index (χ3v) is 7.37. The van der Waals surface area contributed by atoms with Crippen molar-refractivity contribution in [3.05, 3.63) is 0 Å². The third-order valence-electron chi connectivity index (χ3n) is 5.78. The molecule has 0 heterocycles. The lowest BCUT2D eigenvalue weighted by atomic mass is 9.96. The van der Waals surface area contributed by atoms with E-state index in [-0.39, 0.29) is 13.2 Å². The Morgan fingerprint density at radius 1 is 0.667 bits per heavy atom. The van der Waals surface area contributed by atoms with E-state index in [2.05, 4.69) is 18.0 Å². The van der Waals surface area contributed by atoms with Gasteiger partial charge >= 0.3 is 0 Å². The molecule has 0 amide bonds. The molecule has 1 atom stereocenters. The molecule has 0 aromatic heterocycles. The van der Waals surface area contributed by atoms with E-state index in [0.29, 0.717) is 19.8 Å².